The van der Waals surface area contributed by atoms with E-state index in [1.165, 1.54) is 16.6 Å². The number of piperazine rings is 1. The third kappa shape index (κ3) is 3.20. The number of rotatable bonds is 6. The molecule has 8 heteroatoms. The summed E-state index contributed by atoms with van der Waals surface area (Å²) in [5, 5.41) is 6.41. The minimum absolute atomic E-state index is 0.167. The predicted molar refractivity (Wildman–Crippen MR) is 76.7 cm³/mol. The molecule has 1 aliphatic rings. The number of hydrogen-bond donors (Lipinski definition) is 2. The maximum absolute atomic E-state index is 12.3. The van der Waals surface area contributed by atoms with Gasteiger partial charge < -0.3 is 5.73 Å². The Morgan fingerprint density at radius 1 is 1.40 bits per heavy atom. The first-order valence-corrected chi connectivity index (χ1v) is 8.47. The first-order chi connectivity index (χ1) is 9.59. The molecule has 0 spiro atoms. The summed E-state index contributed by atoms with van der Waals surface area (Å²) in [5.74, 6) is 0. The topological polar surface area (TPSA) is 95.3 Å². The lowest BCUT2D eigenvalue weighted by molar-refractivity contribution is 0.129. The van der Waals surface area contributed by atoms with Crippen LogP contribution in [-0.2, 0) is 10.0 Å². The first kappa shape index (κ1) is 15.4. The number of aromatic nitrogens is 2. The van der Waals surface area contributed by atoms with Crippen molar-refractivity contribution in [2.45, 2.75) is 30.8 Å². The zero-order valence-corrected chi connectivity index (χ0v) is 12.6. The molecule has 7 nitrogen and oxygen atoms in total. The van der Waals surface area contributed by atoms with Crippen molar-refractivity contribution in [1.29, 1.82) is 0 Å². The van der Waals surface area contributed by atoms with Gasteiger partial charge in [0.25, 0.3) is 10.0 Å². The number of nitrogens with zero attached hydrogens (tertiary/aromatic N) is 3. The van der Waals surface area contributed by atoms with Crippen molar-refractivity contribution in [3.63, 3.8) is 0 Å². The van der Waals surface area contributed by atoms with Crippen LogP contribution in [0.4, 0.5) is 0 Å². The lowest BCUT2D eigenvalue weighted by Crippen LogP contribution is -2.52. The minimum atomic E-state index is -3.42. The van der Waals surface area contributed by atoms with E-state index < -0.39 is 10.0 Å². The van der Waals surface area contributed by atoms with Crippen molar-refractivity contribution >= 4 is 10.0 Å². The number of nitrogens with one attached hydrogen (secondary N) is 1. The van der Waals surface area contributed by atoms with Gasteiger partial charge in [-0.15, -0.1) is 0 Å². The van der Waals surface area contributed by atoms with Gasteiger partial charge >= 0.3 is 0 Å². The SMILES string of the molecule is CCC(CCN)N1CCN(S(=O)(=O)c2ccn[nH]2)CC1. The molecule has 0 aliphatic carbocycles. The Labute approximate surface area is 120 Å². The molecule has 2 heterocycles. The summed E-state index contributed by atoms with van der Waals surface area (Å²) in [4.78, 5) is 2.34. The van der Waals surface area contributed by atoms with Crippen molar-refractivity contribution in [3.05, 3.63) is 12.3 Å². The molecule has 2 rings (SSSR count). The van der Waals surface area contributed by atoms with Gasteiger partial charge in [-0.25, -0.2) is 8.42 Å². The van der Waals surface area contributed by atoms with E-state index in [2.05, 4.69) is 22.0 Å². The molecule has 0 aromatic carbocycles. The first-order valence-electron chi connectivity index (χ1n) is 7.03. The normalized spacial score (nSPS) is 20.1. The lowest BCUT2D eigenvalue weighted by Gasteiger charge is -2.38. The van der Waals surface area contributed by atoms with Crippen LogP contribution in [0.3, 0.4) is 0 Å². The summed E-state index contributed by atoms with van der Waals surface area (Å²) >= 11 is 0. The van der Waals surface area contributed by atoms with Crippen molar-refractivity contribution in [1.82, 2.24) is 19.4 Å². The number of aromatic amines is 1. The highest BCUT2D eigenvalue weighted by Crippen LogP contribution is 2.17. The third-order valence-corrected chi connectivity index (χ3v) is 5.68. The van der Waals surface area contributed by atoms with Gasteiger partial charge in [-0.2, -0.15) is 9.40 Å². The van der Waals surface area contributed by atoms with Crippen LogP contribution in [0.5, 0.6) is 0 Å². The zero-order valence-electron chi connectivity index (χ0n) is 11.8. The summed E-state index contributed by atoms with van der Waals surface area (Å²) < 4.78 is 26.2. The third-order valence-electron chi connectivity index (χ3n) is 3.85. The average molecular weight is 301 g/mol. The van der Waals surface area contributed by atoms with Crippen LogP contribution in [-0.4, -0.2) is 66.6 Å². The molecule has 1 saturated heterocycles. The second kappa shape index (κ2) is 6.66. The molecule has 1 fully saturated rings. The molecule has 20 heavy (non-hydrogen) atoms. The van der Waals surface area contributed by atoms with E-state index in [-0.39, 0.29) is 5.03 Å². The lowest BCUT2D eigenvalue weighted by atomic mass is 10.1. The standard InChI is InChI=1S/C12H23N5O2S/c1-2-11(3-5-13)16-7-9-17(10-8-16)20(18,19)12-4-6-14-15-12/h4,6,11H,2-3,5,7-10,13H2,1H3,(H,14,15). The van der Waals surface area contributed by atoms with Gasteiger partial charge in [-0.3, -0.25) is 10.00 Å². The van der Waals surface area contributed by atoms with Gasteiger partial charge in [0, 0.05) is 32.2 Å². The molecule has 1 aromatic heterocycles. The molecule has 1 atom stereocenters. The molecule has 0 amide bonds. The molecule has 3 N–H and O–H groups in total. The van der Waals surface area contributed by atoms with Crippen molar-refractivity contribution in [3.8, 4) is 0 Å². The van der Waals surface area contributed by atoms with E-state index in [9.17, 15) is 8.42 Å². The number of sulfonamides is 1. The predicted octanol–water partition coefficient (Wildman–Crippen LogP) is -0.157. The van der Waals surface area contributed by atoms with Gasteiger partial charge in [0.1, 0.15) is 0 Å². The molecular weight excluding hydrogens is 278 g/mol. The van der Waals surface area contributed by atoms with Crippen LogP contribution in [0.2, 0.25) is 0 Å². The molecule has 1 aromatic rings. The fourth-order valence-electron chi connectivity index (χ4n) is 2.67. The van der Waals surface area contributed by atoms with Crippen molar-refractivity contribution < 1.29 is 8.42 Å². The highest BCUT2D eigenvalue weighted by molar-refractivity contribution is 7.89. The fraction of sp³-hybridized carbons (Fsp3) is 0.750. The highest BCUT2D eigenvalue weighted by atomic mass is 32.2. The molecule has 0 bridgehead atoms. The van der Waals surface area contributed by atoms with Crippen LogP contribution in [0.15, 0.2) is 17.3 Å². The van der Waals surface area contributed by atoms with Gasteiger partial charge in [0.05, 0.1) is 6.20 Å². The Kier molecular flexibility index (Phi) is 5.14. The number of H-pyrrole nitrogens is 1. The Morgan fingerprint density at radius 2 is 2.10 bits per heavy atom. The van der Waals surface area contributed by atoms with Crippen LogP contribution in [0, 0.1) is 0 Å². The van der Waals surface area contributed by atoms with E-state index in [1.807, 2.05) is 0 Å². The summed E-state index contributed by atoms with van der Waals surface area (Å²) in [7, 11) is -3.42. The Morgan fingerprint density at radius 3 is 2.60 bits per heavy atom. The Balaban J connectivity index is 1.98. The maximum atomic E-state index is 12.3. The summed E-state index contributed by atoms with van der Waals surface area (Å²) in [5.41, 5.74) is 5.63. The summed E-state index contributed by atoms with van der Waals surface area (Å²) in [6.45, 7) is 5.36. The van der Waals surface area contributed by atoms with Crippen LogP contribution < -0.4 is 5.73 Å². The molecule has 0 saturated carbocycles. The molecular formula is C12H23N5O2S. The second-order valence-corrected chi connectivity index (χ2v) is 6.91. The molecule has 114 valence electrons. The molecule has 1 aliphatic heterocycles. The molecule has 0 radical (unpaired) electrons. The highest BCUT2D eigenvalue weighted by Gasteiger charge is 2.31. The number of nitrogens with two attached hydrogens (primary N) is 1. The minimum Gasteiger partial charge on any atom is -0.330 e. The van der Waals surface area contributed by atoms with Crippen molar-refractivity contribution in [2.24, 2.45) is 5.73 Å². The number of hydrogen-bond acceptors (Lipinski definition) is 5. The zero-order chi connectivity index (χ0) is 14.6. The summed E-state index contributed by atoms with van der Waals surface area (Å²) in [6, 6.07) is 1.95. The van der Waals surface area contributed by atoms with Crippen LogP contribution in [0.1, 0.15) is 19.8 Å². The van der Waals surface area contributed by atoms with E-state index in [0.29, 0.717) is 25.7 Å². The quantitative estimate of drug-likeness (QED) is 0.761. The fourth-order valence-corrected chi connectivity index (χ4v) is 4.00. The largest absolute Gasteiger partial charge is 0.330 e. The van der Waals surface area contributed by atoms with E-state index in [0.717, 1.165) is 25.9 Å². The van der Waals surface area contributed by atoms with E-state index in [4.69, 9.17) is 5.73 Å². The van der Waals surface area contributed by atoms with Gasteiger partial charge in [-0.1, -0.05) is 6.92 Å². The summed E-state index contributed by atoms with van der Waals surface area (Å²) in [6.07, 6.45) is 3.46. The molecule has 1 unspecified atom stereocenters. The van der Waals surface area contributed by atoms with Gasteiger partial charge in [0.2, 0.25) is 0 Å². The second-order valence-electron chi connectivity index (χ2n) is 5.00. The Bertz CT molecular complexity index is 494. The average Bonchev–Trinajstić information content (AvgIpc) is 3.00. The van der Waals surface area contributed by atoms with Crippen LogP contribution >= 0.6 is 0 Å². The van der Waals surface area contributed by atoms with E-state index in [1.54, 1.807) is 0 Å². The smallest absolute Gasteiger partial charge is 0.260 e. The van der Waals surface area contributed by atoms with Gasteiger partial charge in [0.15, 0.2) is 5.03 Å². The van der Waals surface area contributed by atoms with Crippen molar-refractivity contribution in [2.75, 3.05) is 32.7 Å². The van der Waals surface area contributed by atoms with Crippen LogP contribution in [0.25, 0.3) is 0 Å². The van der Waals surface area contributed by atoms with E-state index >= 15 is 0 Å². The van der Waals surface area contributed by atoms with Gasteiger partial charge in [-0.05, 0) is 25.5 Å². The Hall–Kier alpha value is -0.960. The maximum Gasteiger partial charge on any atom is 0.260 e. The monoisotopic (exact) mass is 301 g/mol.